The zero-order chi connectivity index (χ0) is 25.9. The number of benzene rings is 2. The number of allylic oxidation sites excluding steroid dienone is 4. The van der Waals surface area contributed by atoms with Gasteiger partial charge in [0.1, 0.15) is 5.82 Å². The molecule has 2 heteroatoms. The Balaban J connectivity index is 1.12. The molecule has 0 aliphatic heterocycles. The van der Waals surface area contributed by atoms with Gasteiger partial charge in [0, 0.05) is 5.56 Å². The van der Waals surface area contributed by atoms with Crippen LogP contribution in [-0.4, -0.2) is 4.87 Å². The predicted molar refractivity (Wildman–Crippen MR) is 159 cm³/mol. The van der Waals surface area contributed by atoms with Crippen LogP contribution in [0, 0.1) is 17.7 Å². The molecule has 1 unspecified atom stereocenters. The van der Waals surface area contributed by atoms with Gasteiger partial charge in [0.2, 0.25) is 0 Å². The van der Waals surface area contributed by atoms with Crippen LogP contribution in [-0.2, 0) is 12.8 Å². The van der Waals surface area contributed by atoms with E-state index in [1.165, 1.54) is 101 Å². The summed E-state index contributed by atoms with van der Waals surface area (Å²) in [5.74, 6) is 1.51. The lowest BCUT2D eigenvalue weighted by molar-refractivity contribution is 0.246. The van der Waals surface area contributed by atoms with Crippen LogP contribution in [0.3, 0.4) is 0 Å². The van der Waals surface area contributed by atoms with Crippen LogP contribution in [0.4, 0.5) is 4.39 Å². The summed E-state index contributed by atoms with van der Waals surface area (Å²) >= 11 is 6.97. The third-order valence-corrected chi connectivity index (χ3v) is 9.24. The lowest BCUT2D eigenvalue weighted by Gasteiger charge is -2.32. The molecule has 37 heavy (non-hydrogen) atoms. The molecule has 2 aliphatic carbocycles. The first-order valence-corrected chi connectivity index (χ1v) is 15.3. The SMILES string of the molecule is CCCCCCCc1ccc(CC[C@H]2CC[C@H](CCC3(Cl)C=CC(c4ccccc4F)=CC3)CC2)cc1. The van der Waals surface area contributed by atoms with E-state index in [0.29, 0.717) is 5.56 Å². The Morgan fingerprint density at radius 3 is 2.11 bits per heavy atom. The largest absolute Gasteiger partial charge is 0.206 e. The van der Waals surface area contributed by atoms with Crippen molar-refractivity contribution < 1.29 is 4.39 Å². The van der Waals surface area contributed by atoms with E-state index < -0.39 is 0 Å². The summed E-state index contributed by atoms with van der Waals surface area (Å²) in [5.41, 5.74) is 4.63. The Labute approximate surface area is 230 Å². The van der Waals surface area contributed by atoms with Gasteiger partial charge >= 0.3 is 0 Å². The molecule has 0 bridgehead atoms. The summed E-state index contributed by atoms with van der Waals surface area (Å²) in [6, 6.07) is 16.5. The molecule has 0 N–H and O–H groups in total. The summed E-state index contributed by atoms with van der Waals surface area (Å²) in [7, 11) is 0. The Morgan fingerprint density at radius 1 is 0.811 bits per heavy atom. The molecule has 0 saturated heterocycles. The van der Waals surface area contributed by atoms with Gasteiger partial charge in [-0.25, -0.2) is 4.39 Å². The maximum Gasteiger partial charge on any atom is 0.131 e. The van der Waals surface area contributed by atoms with E-state index in [0.717, 1.165) is 30.3 Å². The molecule has 0 spiro atoms. The first-order valence-electron chi connectivity index (χ1n) is 15.0. The highest BCUT2D eigenvalue weighted by Crippen LogP contribution is 2.40. The van der Waals surface area contributed by atoms with E-state index >= 15 is 0 Å². The molecule has 200 valence electrons. The zero-order valence-electron chi connectivity index (χ0n) is 22.9. The van der Waals surface area contributed by atoms with Gasteiger partial charge in [-0.1, -0.05) is 119 Å². The number of hydrogen-bond acceptors (Lipinski definition) is 0. The van der Waals surface area contributed by atoms with Gasteiger partial charge in [-0.15, -0.1) is 11.6 Å². The molecule has 1 saturated carbocycles. The first kappa shape index (κ1) is 28.2. The fraction of sp³-hybridized carbons (Fsp3) is 0.543. The molecule has 0 aromatic heterocycles. The van der Waals surface area contributed by atoms with E-state index in [4.69, 9.17) is 11.6 Å². The van der Waals surface area contributed by atoms with Crippen molar-refractivity contribution in [3.05, 3.63) is 89.3 Å². The van der Waals surface area contributed by atoms with Crippen LogP contribution >= 0.6 is 11.6 Å². The molecule has 2 aromatic rings. The van der Waals surface area contributed by atoms with Crippen molar-refractivity contribution in [1.82, 2.24) is 0 Å². The fourth-order valence-corrected chi connectivity index (χ4v) is 6.41. The average Bonchev–Trinajstić information content (AvgIpc) is 2.93. The van der Waals surface area contributed by atoms with E-state index in [-0.39, 0.29) is 10.7 Å². The van der Waals surface area contributed by atoms with Crippen molar-refractivity contribution in [2.75, 3.05) is 0 Å². The highest BCUT2D eigenvalue weighted by molar-refractivity contribution is 6.25. The van der Waals surface area contributed by atoms with Gasteiger partial charge in [-0.3, -0.25) is 0 Å². The van der Waals surface area contributed by atoms with E-state index in [2.05, 4.69) is 43.3 Å². The van der Waals surface area contributed by atoms with E-state index in [1.54, 1.807) is 6.07 Å². The third kappa shape index (κ3) is 8.85. The van der Waals surface area contributed by atoms with Gasteiger partial charge in [0.15, 0.2) is 0 Å². The lowest BCUT2D eigenvalue weighted by Crippen LogP contribution is -2.23. The number of rotatable bonds is 13. The van der Waals surface area contributed by atoms with Crippen molar-refractivity contribution in [3.8, 4) is 0 Å². The van der Waals surface area contributed by atoms with Gasteiger partial charge < -0.3 is 0 Å². The van der Waals surface area contributed by atoms with Crippen LogP contribution in [0.15, 0.2) is 66.8 Å². The van der Waals surface area contributed by atoms with Gasteiger partial charge in [0.25, 0.3) is 0 Å². The van der Waals surface area contributed by atoms with Crippen molar-refractivity contribution in [2.45, 2.75) is 108 Å². The van der Waals surface area contributed by atoms with Crippen LogP contribution in [0.25, 0.3) is 5.57 Å². The minimum atomic E-state index is -0.312. The minimum Gasteiger partial charge on any atom is -0.206 e. The first-order chi connectivity index (χ1) is 18.0. The Hall–Kier alpha value is -1.86. The van der Waals surface area contributed by atoms with Gasteiger partial charge in [0.05, 0.1) is 4.87 Å². The Kier molecular flexibility index (Phi) is 10.9. The normalized spacial score (nSPS) is 23.7. The molecule has 2 aromatic carbocycles. The minimum absolute atomic E-state index is 0.164. The number of hydrogen-bond donors (Lipinski definition) is 0. The second-order valence-corrected chi connectivity index (χ2v) is 12.4. The molecule has 0 radical (unpaired) electrons. The number of halogens is 2. The van der Waals surface area contributed by atoms with Crippen LogP contribution < -0.4 is 0 Å². The second kappa shape index (κ2) is 14.3. The Morgan fingerprint density at radius 2 is 1.46 bits per heavy atom. The molecule has 1 atom stereocenters. The third-order valence-electron chi connectivity index (χ3n) is 8.78. The molecular formula is C35H46ClF. The summed E-state index contributed by atoms with van der Waals surface area (Å²) in [5, 5.41) is 0. The van der Waals surface area contributed by atoms with Gasteiger partial charge in [-0.05, 0) is 79.5 Å². The molecular weight excluding hydrogens is 475 g/mol. The summed E-state index contributed by atoms with van der Waals surface area (Å²) < 4.78 is 14.1. The highest BCUT2D eigenvalue weighted by Gasteiger charge is 2.29. The predicted octanol–water partition coefficient (Wildman–Crippen LogP) is 10.9. The molecule has 0 amide bonds. The zero-order valence-corrected chi connectivity index (χ0v) is 23.6. The number of alkyl halides is 1. The quantitative estimate of drug-likeness (QED) is 0.182. The Bertz CT molecular complexity index is 1010. The van der Waals surface area contributed by atoms with Crippen LogP contribution in [0.1, 0.15) is 107 Å². The number of aryl methyl sites for hydroxylation is 2. The van der Waals surface area contributed by atoms with Gasteiger partial charge in [-0.2, -0.15) is 0 Å². The van der Waals surface area contributed by atoms with Crippen molar-refractivity contribution in [2.24, 2.45) is 11.8 Å². The molecule has 0 nitrogen and oxygen atoms in total. The van der Waals surface area contributed by atoms with Crippen molar-refractivity contribution in [3.63, 3.8) is 0 Å². The topological polar surface area (TPSA) is 0 Å². The van der Waals surface area contributed by atoms with Crippen molar-refractivity contribution in [1.29, 1.82) is 0 Å². The summed E-state index contributed by atoms with van der Waals surface area (Å²) in [6.07, 6.45) is 25.2. The molecule has 2 aliphatic rings. The van der Waals surface area contributed by atoms with Crippen LogP contribution in [0.5, 0.6) is 0 Å². The van der Waals surface area contributed by atoms with Crippen LogP contribution in [0.2, 0.25) is 0 Å². The monoisotopic (exact) mass is 520 g/mol. The van der Waals surface area contributed by atoms with Crippen molar-refractivity contribution >= 4 is 17.2 Å². The molecule has 1 fully saturated rings. The fourth-order valence-electron chi connectivity index (χ4n) is 6.16. The summed E-state index contributed by atoms with van der Waals surface area (Å²) in [4.78, 5) is -0.312. The standard InChI is InChI=1S/C35H46ClF/c1-2-3-4-5-6-9-28-12-14-29(15-13-28)16-17-30-18-20-31(21-19-30)22-25-35(36)26-23-32(24-27-35)33-10-7-8-11-34(33)37/h7-8,10-15,23-24,26,30-31H,2-6,9,16-22,25,27H2,1H3/t30-,31-,35?. The van der Waals surface area contributed by atoms with E-state index in [1.807, 2.05) is 18.2 Å². The maximum absolute atomic E-state index is 14.1. The second-order valence-electron chi connectivity index (χ2n) is 11.7. The maximum atomic E-state index is 14.1. The molecule has 0 heterocycles. The highest BCUT2D eigenvalue weighted by atomic mass is 35.5. The lowest BCUT2D eigenvalue weighted by atomic mass is 9.76. The molecule has 4 rings (SSSR count). The smallest absolute Gasteiger partial charge is 0.131 e. The van der Waals surface area contributed by atoms with E-state index in [9.17, 15) is 4.39 Å². The summed E-state index contributed by atoms with van der Waals surface area (Å²) in [6.45, 7) is 2.28. The number of unbranched alkanes of at least 4 members (excludes halogenated alkanes) is 4. The average molecular weight is 521 g/mol.